The molecule has 0 aromatic carbocycles. The van der Waals surface area contributed by atoms with E-state index in [4.69, 9.17) is 14.2 Å². The summed E-state index contributed by atoms with van der Waals surface area (Å²) in [7, 11) is 1.92. The normalized spacial score (nSPS) is 16.2. The average molecular weight is 465 g/mol. The number of carbonyl (C=O) groups excluding carboxylic acids is 1. The molecule has 11 heteroatoms. The van der Waals surface area contributed by atoms with E-state index in [-0.39, 0.29) is 17.9 Å². The van der Waals surface area contributed by atoms with Gasteiger partial charge in [0.2, 0.25) is 5.88 Å². The zero-order valence-electron chi connectivity index (χ0n) is 20.0. The average Bonchev–Trinajstić information content (AvgIpc) is 3.60. The SMILES string of the molecule is CCn1ncc(-c2nc3c(OC4CCN(C(=O)c5cnoc5C(C)C)C4)ncnc3n2C)c1C. The minimum absolute atomic E-state index is 0.0804. The summed E-state index contributed by atoms with van der Waals surface area (Å²) in [6.07, 6.45) is 5.30. The van der Waals surface area contributed by atoms with Crippen LogP contribution in [-0.4, -0.2) is 64.5 Å². The van der Waals surface area contributed by atoms with Gasteiger partial charge in [-0.05, 0) is 13.8 Å². The van der Waals surface area contributed by atoms with Crippen LogP contribution in [0.2, 0.25) is 0 Å². The minimum Gasteiger partial charge on any atom is -0.471 e. The molecule has 1 fully saturated rings. The fraction of sp³-hybridized carbons (Fsp3) is 0.478. The summed E-state index contributed by atoms with van der Waals surface area (Å²) in [6.45, 7) is 9.86. The third-order valence-corrected chi connectivity index (χ3v) is 6.33. The number of rotatable bonds is 6. The lowest BCUT2D eigenvalue weighted by Gasteiger charge is -2.17. The molecule has 5 heterocycles. The standard InChI is InChI=1S/C23H28N8O3/c1-6-31-14(4)16(9-26-31)20-28-18-21(29(20)5)24-12-25-22(18)33-15-7-8-30(11-15)23(32)17-10-27-34-19(17)13(2)3/h9-10,12-13,15H,6-8,11H2,1-5H3. The summed E-state index contributed by atoms with van der Waals surface area (Å²) >= 11 is 0. The number of likely N-dealkylation sites (tertiary alicyclic amines) is 1. The van der Waals surface area contributed by atoms with Gasteiger partial charge >= 0.3 is 0 Å². The number of aryl methyl sites for hydroxylation is 2. The van der Waals surface area contributed by atoms with E-state index in [0.717, 1.165) is 23.6 Å². The molecule has 0 spiro atoms. The molecule has 1 aliphatic heterocycles. The lowest BCUT2D eigenvalue weighted by molar-refractivity contribution is 0.0768. The number of nitrogens with zero attached hydrogens (tertiary/aromatic N) is 8. The van der Waals surface area contributed by atoms with Crippen LogP contribution in [0.25, 0.3) is 22.6 Å². The first-order valence-corrected chi connectivity index (χ1v) is 11.5. The zero-order chi connectivity index (χ0) is 24.0. The van der Waals surface area contributed by atoms with Crippen LogP contribution in [0.1, 0.15) is 54.9 Å². The summed E-state index contributed by atoms with van der Waals surface area (Å²) in [5, 5.41) is 8.26. The van der Waals surface area contributed by atoms with Gasteiger partial charge in [0, 0.05) is 38.2 Å². The van der Waals surface area contributed by atoms with Crippen molar-refractivity contribution < 1.29 is 14.1 Å². The van der Waals surface area contributed by atoms with E-state index in [1.807, 2.05) is 43.3 Å². The first-order chi connectivity index (χ1) is 16.4. The van der Waals surface area contributed by atoms with E-state index in [2.05, 4.69) is 27.1 Å². The van der Waals surface area contributed by atoms with E-state index in [1.165, 1.54) is 12.5 Å². The van der Waals surface area contributed by atoms with Crippen molar-refractivity contribution in [3.05, 3.63) is 35.7 Å². The van der Waals surface area contributed by atoms with Crippen molar-refractivity contribution in [3.63, 3.8) is 0 Å². The second-order valence-electron chi connectivity index (χ2n) is 8.84. The molecule has 0 N–H and O–H groups in total. The van der Waals surface area contributed by atoms with Crippen LogP contribution < -0.4 is 4.74 Å². The van der Waals surface area contributed by atoms with E-state index >= 15 is 0 Å². The van der Waals surface area contributed by atoms with Crippen molar-refractivity contribution in [2.75, 3.05) is 13.1 Å². The van der Waals surface area contributed by atoms with Gasteiger partial charge in [-0.15, -0.1) is 0 Å². The smallest absolute Gasteiger partial charge is 0.259 e. The Labute approximate surface area is 196 Å². The van der Waals surface area contributed by atoms with Crippen LogP contribution in [0.4, 0.5) is 0 Å². The second kappa shape index (κ2) is 8.54. The Bertz CT molecular complexity index is 1350. The number of ether oxygens (including phenoxy) is 1. The molecule has 1 saturated heterocycles. The maximum Gasteiger partial charge on any atom is 0.259 e. The quantitative estimate of drug-likeness (QED) is 0.427. The second-order valence-corrected chi connectivity index (χ2v) is 8.84. The Morgan fingerprint density at radius 1 is 1.29 bits per heavy atom. The highest BCUT2D eigenvalue weighted by atomic mass is 16.5. The van der Waals surface area contributed by atoms with Gasteiger partial charge in [0.15, 0.2) is 16.9 Å². The number of amides is 1. The molecule has 0 bridgehead atoms. The van der Waals surface area contributed by atoms with Crippen LogP contribution in [-0.2, 0) is 13.6 Å². The van der Waals surface area contributed by atoms with Crippen LogP contribution in [0.5, 0.6) is 5.88 Å². The van der Waals surface area contributed by atoms with Crippen molar-refractivity contribution in [2.24, 2.45) is 7.05 Å². The highest BCUT2D eigenvalue weighted by Gasteiger charge is 2.32. The predicted octanol–water partition coefficient (Wildman–Crippen LogP) is 2.96. The molecule has 1 amide bonds. The van der Waals surface area contributed by atoms with Gasteiger partial charge in [-0.1, -0.05) is 19.0 Å². The summed E-state index contributed by atoms with van der Waals surface area (Å²) in [5.74, 6) is 1.77. The maximum absolute atomic E-state index is 13.0. The molecular weight excluding hydrogens is 436 g/mol. The topological polar surface area (TPSA) is 117 Å². The summed E-state index contributed by atoms with van der Waals surface area (Å²) in [4.78, 5) is 28.4. The molecule has 0 aliphatic carbocycles. The maximum atomic E-state index is 13.0. The van der Waals surface area contributed by atoms with Gasteiger partial charge < -0.3 is 18.7 Å². The van der Waals surface area contributed by atoms with Gasteiger partial charge in [0.1, 0.15) is 23.8 Å². The highest BCUT2D eigenvalue weighted by Crippen LogP contribution is 2.30. The van der Waals surface area contributed by atoms with Gasteiger partial charge in [0.25, 0.3) is 5.91 Å². The van der Waals surface area contributed by atoms with Crippen molar-refractivity contribution >= 4 is 17.1 Å². The minimum atomic E-state index is -0.195. The third kappa shape index (κ3) is 3.61. The Kier molecular flexibility index (Phi) is 5.54. The van der Waals surface area contributed by atoms with Crippen molar-refractivity contribution in [2.45, 2.75) is 52.7 Å². The molecule has 178 valence electrons. The molecule has 1 unspecified atom stereocenters. The van der Waals surface area contributed by atoms with Crippen LogP contribution >= 0.6 is 0 Å². The Morgan fingerprint density at radius 3 is 2.85 bits per heavy atom. The van der Waals surface area contributed by atoms with Crippen LogP contribution in [0.15, 0.2) is 23.2 Å². The molecule has 34 heavy (non-hydrogen) atoms. The first-order valence-electron chi connectivity index (χ1n) is 11.5. The number of fused-ring (bicyclic) bond motifs is 1. The fourth-order valence-electron chi connectivity index (χ4n) is 4.45. The Balaban J connectivity index is 1.38. The molecule has 1 aliphatic rings. The van der Waals surface area contributed by atoms with Crippen LogP contribution in [0.3, 0.4) is 0 Å². The zero-order valence-corrected chi connectivity index (χ0v) is 20.0. The monoisotopic (exact) mass is 464 g/mol. The third-order valence-electron chi connectivity index (χ3n) is 6.33. The predicted molar refractivity (Wildman–Crippen MR) is 123 cm³/mol. The summed E-state index contributed by atoms with van der Waals surface area (Å²) in [5.41, 5.74) is 3.77. The van der Waals surface area contributed by atoms with E-state index < -0.39 is 0 Å². The molecule has 0 saturated carbocycles. The lowest BCUT2D eigenvalue weighted by atomic mass is 10.1. The van der Waals surface area contributed by atoms with E-state index in [0.29, 0.717) is 47.9 Å². The Morgan fingerprint density at radius 2 is 2.12 bits per heavy atom. The van der Waals surface area contributed by atoms with Crippen LogP contribution in [0, 0.1) is 6.92 Å². The van der Waals surface area contributed by atoms with E-state index in [9.17, 15) is 4.79 Å². The highest BCUT2D eigenvalue weighted by molar-refractivity contribution is 5.95. The molecule has 11 nitrogen and oxygen atoms in total. The largest absolute Gasteiger partial charge is 0.471 e. The molecule has 5 rings (SSSR count). The van der Waals surface area contributed by atoms with Crippen molar-refractivity contribution in [1.29, 1.82) is 0 Å². The molecular formula is C23H28N8O3. The van der Waals surface area contributed by atoms with E-state index in [1.54, 1.807) is 4.90 Å². The number of hydrogen-bond acceptors (Lipinski definition) is 8. The number of imidazole rings is 1. The number of aromatic nitrogens is 7. The Hall–Kier alpha value is -3.76. The molecule has 4 aromatic rings. The van der Waals surface area contributed by atoms with Crippen molar-refractivity contribution in [1.82, 2.24) is 39.4 Å². The first kappa shape index (κ1) is 22.1. The number of hydrogen-bond donors (Lipinski definition) is 0. The molecule has 0 radical (unpaired) electrons. The van der Waals surface area contributed by atoms with Crippen molar-refractivity contribution in [3.8, 4) is 17.3 Å². The lowest BCUT2D eigenvalue weighted by Crippen LogP contribution is -2.31. The molecule has 4 aromatic heterocycles. The molecule has 1 atom stereocenters. The van der Waals surface area contributed by atoms with Gasteiger partial charge in [-0.2, -0.15) is 10.1 Å². The van der Waals surface area contributed by atoms with Gasteiger partial charge in [0.05, 0.1) is 24.5 Å². The van der Waals surface area contributed by atoms with Gasteiger partial charge in [-0.3, -0.25) is 9.48 Å². The number of carbonyl (C=O) groups is 1. The van der Waals surface area contributed by atoms with Gasteiger partial charge in [-0.25, -0.2) is 9.97 Å². The summed E-state index contributed by atoms with van der Waals surface area (Å²) < 4.78 is 15.4. The fourth-order valence-corrected chi connectivity index (χ4v) is 4.45. The summed E-state index contributed by atoms with van der Waals surface area (Å²) in [6, 6.07) is 0.